The van der Waals surface area contributed by atoms with Crippen LogP contribution in [0.1, 0.15) is 11.1 Å². The number of aliphatic imine (C=N–C) groups is 1. The fourth-order valence-corrected chi connectivity index (χ4v) is 3.72. The van der Waals surface area contributed by atoms with E-state index in [9.17, 15) is 13.2 Å². The molecule has 3 aromatic rings. The number of benzene rings is 3. The maximum atomic E-state index is 12.4. The number of hydrogen-bond donors (Lipinski definition) is 1. The lowest BCUT2D eigenvalue weighted by Gasteiger charge is -2.29. The monoisotopic (exact) mass is 457 g/mol. The number of nitrogens with zero attached hydrogens (tertiary/aromatic N) is 2. The standard InChI is InChI=1S/C24H22F3N3O3/c1-31-21-4-3-5-22(32-2)19(21)14-30-13-17-7-6-16(12-20(17)29-23(30)28)15-8-10-18(11-9-15)33-24(25,26)27/h3-12H,13-14H2,1-2H3,(H2,28,29). The van der Waals surface area contributed by atoms with Crippen LogP contribution in [0.3, 0.4) is 0 Å². The summed E-state index contributed by atoms with van der Waals surface area (Å²) in [7, 11) is 3.20. The van der Waals surface area contributed by atoms with Gasteiger partial charge in [-0.2, -0.15) is 0 Å². The Morgan fingerprint density at radius 3 is 2.18 bits per heavy atom. The summed E-state index contributed by atoms with van der Waals surface area (Å²) in [6, 6.07) is 17.0. The molecule has 0 saturated carbocycles. The fraction of sp³-hybridized carbons (Fsp3) is 0.208. The number of fused-ring (bicyclic) bond motifs is 1. The summed E-state index contributed by atoms with van der Waals surface area (Å²) in [5.74, 6) is 1.47. The van der Waals surface area contributed by atoms with Gasteiger partial charge in [0.15, 0.2) is 5.96 Å². The highest BCUT2D eigenvalue weighted by molar-refractivity contribution is 5.85. The van der Waals surface area contributed by atoms with Crippen LogP contribution in [0.5, 0.6) is 17.2 Å². The van der Waals surface area contributed by atoms with E-state index in [-0.39, 0.29) is 5.75 Å². The molecule has 0 radical (unpaired) electrons. The number of hydrogen-bond acceptors (Lipinski definition) is 6. The molecule has 172 valence electrons. The van der Waals surface area contributed by atoms with Crippen LogP contribution in [0.2, 0.25) is 0 Å². The first-order valence-corrected chi connectivity index (χ1v) is 10.1. The largest absolute Gasteiger partial charge is 0.573 e. The van der Waals surface area contributed by atoms with Gasteiger partial charge in [-0.05, 0) is 47.0 Å². The van der Waals surface area contributed by atoms with Crippen LogP contribution >= 0.6 is 0 Å². The van der Waals surface area contributed by atoms with Crippen molar-refractivity contribution in [2.45, 2.75) is 19.5 Å². The number of methoxy groups -OCH3 is 2. The predicted molar refractivity (Wildman–Crippen MR) is 119 cm³/mol. The van der Waals surface area contributed by atoms with E-state index < -0.39 is 6.36 Å². The molecule has 1 heterocycles. The number of rotatable bonds is 6. The molecule has 0 atom stereocenters. The number of guanidine groups is 1. The van der Waals surface area contributed by atoms with Gasteiger partial charge in [0.25, 0.3) is 0 Å². The van der Waals surface area contributed by atoms with Crippen molar-refractivity contribution in [2.24, 2.45) is 10.7 Å². The molecule has 0 fully saturated rings. The van der Waals surface area contributed by atoms with Gasteiger partial charge in [0, 0.05) is 6.54 Å². The fourth-order valence-electron chi connectivity index (χ4n) is 3.72. The van der Waals surface area contributed by atoms with Crippen molar-refractivity contribution in [1.82, 2.24) is 4.90 Å². The number of ether oxygens (including phenoxy) is 3. The van der Waals surface area contributed by atoms with Crippen molar-refractivity contribution in [1.29, 1.82) is 0 Å². The van der Waals surface area contributed by atoms with Crippen molar-refractivity contribution < 1.29 is 27.4 Å². The highest BCUT2D eigenvalue weighted by atomic mass is 19.4. The molecule has 33 heavy (non-hydrogen) atoms. The van der Waals surface area contributed by atoms with Crippen molar-refractivity contribution >= 4 is 11.6 Å². The summed E-state index contributed by atoms with van der Waals surface area (Å²) < 4.78 is 52.0. The Kier molecular flexibility index (Phi) is 6.04. The summed E-state index contributed by atoms with van der Waals surface area (Å²) >= 11 is 0. The van der Waals surface area contributed by atoms with Crippen LogP contribution in [0, 0.1) is 0 Å². The van der Waals surface area contributed by atoms with Gasteiger partial charge in [-0.25, -0.2) is 4.99 Å². The molecule has 0 amide bonds. The summed E-state index contributed by atoms with van der Waals surface area (Å²) in [4.78, 5) is 6.47. The zero-order valence-corrected chi connectivity index (χ0v) is 18.0. The number of nitrogens with two attached hydrogens (primary N) is 1. The Morgan fingerprint density at radius 2 is 1.58 bits per heavy atom. The van der Waals surface area contributed by atoms with Crippen LogP contribution in [0.15, 0.2) is 65.7 Å². The third-order valence-corrected chi connectivity index (χ3v) is 5.31. The SMILES string of the molecule is COc1cccc(OC)c1CN1Cc2ccc(-c3ccc(OC(F)(F)F)cc3)cc2N=C1N. The second kappa shape index (κ2) is 8.93. The van der Waals surface area contributed by atoms with E-state index >= 15 is 0 Å². The summed E-state index contributed by atoms with van der Waals surface area (Å²) in [5, 5.41) is 0. The molecule has 9 heteroatoms. The topological polar surface area (TPSA) is 69.3 Å². The molecule has 6 nitrogen and oxygen atoms in total. The molecule has 0 aromatic heterocycles. The molecule has 0 unspecified atom stereocenters. The first-order chi connectivity index (χ1) is 15.8. The number of halogens is 3. The van der Waals surface area contributed by atoms with E-state index in [0.717, 1.165) is 22.3 Å². The first kappa shape index (κ1) is 22.3. The van der Waals surface area contributed by atoms with Gasteiger partial charge < -0.3 is 24.8 Å². The van der Waals surface area contributed by atoms with Crippen LogP contribution in [-0.2, 0) is 13.1 Å². The number of alkyl halides is 3. The van der Waals surface area contributed by atoms with Gasteiger partial charge in [0.05, 0.1) is 32.0 Å². The van der Waals surface area contributed by atoms with Gasteiger partial charge in [-0.15, -0.1) is 13.2 Å². The minimum Gasteiger partial charge on any atom is -0.496 e. The van der Waals surface area contributed by atoms with Crippen LogP contribution < -0.4 is 19.9 Å². The Labute approximate surface area is 189 Å². The third-order valence-electron chi connectivity index (χ3n) is 5.31. The zero-order chi connectivity index (χ0) is 23.6. The average molecular weight is 457 g/mol. The molecular weight excluding hydrogens is 435 g/mol. The second-order valence-electron chi connectivity index (χ2n) is 7.38. The highest BCUT2D eigenvalue weighted by Gasteiger charge is 2.31. The van der Waals surface area contributed by atoms with E-state index in [2.05, 4.69) is 9.73 Å². The lowest BCUT2D eigenvalue weighted by atomic mass is 10.0. The van der Waals surface area contributed by atoms with Gasteiger partial charge in [-0.1, -0.05) is 30.3 Å². The zero-order valence-electron chi connectivity index (χ0n) is 18.0. The van der Waals surface area contributed by atoms with Gasteiger partial charge >= 0.3 is 6.36 Å². The van der Waals surface area contributed by atoms with Crippen LogP contribution in [-0.4, -0.2) is 31.4 Å². The van der Waals surface area contributed by atoms with Crippen LogP contribution in [0.25, 0.3) is 11.1 Å². The van der Waals surface area contributed by atoms with E-state index in [1.807, 2.05) is 41.3 Å². The second-order valence-corrected chi connectivity index (χ2v) is 7.38. The van der Waals surface area contributed by atoms with Gasteiger partial charge in [0.2, 0.25) is 0 Å². The van der Waals surface area contributed by atoms with Crippen molar-refractivity contribution in [2.75, 3.05) is 14.2 Å². The molecular formula is C24H22F3N3O3. The van der Waals surface area contributed by atoms with Crippen molar-refractivity contribution in [3.05, 3.63) is 71.8 Å². The minimum atomic E-state index is -4.72. The maximum absolute atomic E-state index is 12.4. The summed E-state index contributed by atoms with van der Waals surface area (Å²) in [6.07, 6.45) is -4.72. The molecule has 4 rings (SSSR count). The molecule has 1 aliphatic rings. The van der Waals surface area contributed by atoms with E-state index in [0.29, 0.717) is 36.2 Å². The smallest absolute Gasteiger partial charge is 0.496 e. The quantitative estimate of drug-likeness (QED) is 0.549. The Morgan fingerprint density at radius 1 is 0.939 bits per heavy atom. The van der Waals surface area contributed by atoms with Crippen molar-refractivity contribution in [3.63, 3.8) is 0 Å². The minimum absolute atomic E-state index is 0.270. The van der Waals surface area contributed by atoms with E-state index in [1.165, 1.54) is 12.1 Å². The molecule has 0 bridgehead atoms. The molecule has 3 aromatic carbocycles. The summed E-state index contributed by atoms with van der Waals surface area (Å²) in [5.41, 5.74) is 10.4. The average Bonchev–Trinajstić information content (AvgIpc) is 2.78. The van der Waals surface area contributed by atoms with E-state index in [4.69, 9.17) is 15.2 Å². The highest BCUT2D eigenvalue weighted by Crippen LogP contribution is 2.35. The summed E-state index contributed by atoms with van der Waals surface area (Å²) in [6.45, 7) is 0.981. The van der Waals surface area contributed by atoms with Crippen molar-refractivity contribution in [3.8, 4) is 28.4 Å². The van der Waals surface area contributed by atoms with E-state index in [1.54, 1.807) is 26.4 Å². The van der Waals surface area contributed by atoms with Gasteiger partial charge in [0.1, 0.15) is 17.2 Å². The van der Waals surface area contributed by atoms with Crippen LogP contribution in [0.4, 0.5) is 18.9 Å². The Bertz CT molecular complexity index is 1160. The predicted octanol–water partition coefficient (Wildman–Crippen LogP) is 5.23. The van der Waals surface area contributed by atoms with Gasteiger partial charge in [-0.3, -0.25) is 0 Å². The molecule has 2 N–H and O–H groups in total. The normalized spacial score (nSPS) is 13.2. The lowest BCUT2D eigenvalue weighted by molar-refractivity contribution is -0.274. The first-order valence-electron chi connectivity index (χ1n) is 10.1. The Hall–Kier alpha value is -3.88. The Balaban J connectivity index is 1.56. The molecule has 0 spiro atoms. The lowest BCUT2D eigenvalue weighted by Crippen LogP contribution is -2.38. The molecule has 0 saturated heterocycles. The maximum Gasteiger partial charge on any atom is 0.573 e. The molecule has 1 aliphatic heterocycles. The molecule has 0 aliphatic carbocycles. The third kappa shape index (κ3) is 4.97.